The maximum absolute atomic E-state index is 11.4. The molecule has 94 valence electrons. The van der Waals surface area contributed by atoms with E-state index in [1.54, 1.807) is 18.2 Å². The molecule has 0 aliphatic rings. The Morgan fingerprint density at radius 2 is 2.24 bits per heavy atom. The van der Waals surface area contributed by atoms with Gasteiger partial charge in [0, 0.05) is 7.11 Å². The summed E-state index contributed by atoms with van der Waals surface area (Å²) in [5.41, 5.74) is 0.563. The Kier molecular flexibility index (Phi) is 5.80. The van der Waals surface area contributed by atoms with E-state index in [2.05, 4.69) is 5.32 Å². The first-order chi connectivity index (χ1) is 8.19. The Hall–Kier alpha value is -1.26. The number of carbonyl (C=O) groups excluding carboxylic acids is 1. The molecule has 0 radical (unpaired) electrons. The lowest BCUT2D eigenvalue weighted by molar-refractivity contribution is -0.119. The molecule has 1 aromatic carbocycles. The number of nitrogens with one attached hydrogen (secondary N) is 1. The van der Waals surface area contributed by atoms with Crippen LogP contribution in [0.3, 0.4) is 0 Å². The van der Waals surface area contributed by atoms with Crippen molar-refractivity contribution < 1.29 is 14.3 Å². The zero-order valence-corrected chi connectivity index (χ0v) is 10.7. The van der Waals surface area contributed by atoms with E-state index in [0.717, 1.165) is 6.42 Å². The number of ether oxygens (including phenoxy) is 2. The molecule has 0 fully saturated rings. The maximum Gasteiger partial charge on any atom is 0.250 e. The fourth-order valence-corrected chi connectivity index (χ4v) is 1.50. The minimum Gasteiger partial charge on any atom is -0.490 e. The van der Waals surface area contributed by atoms with Gasteiger partial charge >= 0.3 is 0 Å². The van der Waals surface area contributed by atoms with Gasteiger partial charge in [-0.05, 0) is 18.6 Å². The summed E-state index contributed by atoms with van der Waals surface area (Å²) in [6.07, 6.45) is 0.872. The van der Waals surface area contributed by atoms with Crippen molar-refractivity contribution >= 4 is 23.2 Å². The van der Waals surface area contributed by atoms with Crippen molar-refractivity contribution in [3.8, 4) is 5.75 Å². The first-order valence-corrected chi connectivity index (χ1v) is 5.77. The van der Waals surface area contributed by atoms with Gasteiger partial charge in [-0.15, -0.1) is 0 Å². The molecule has 0 spiro atoms. The quantitative estimate of drug-likeness (QED) is 0.852. The third-order valence-electron chi connectivity index (χ3n) is 1.97. The van der Waals surface area contributed by atoms with Crippen LogP contribution in [0.5, 0.6) is 5.75 Å². The van der Waals surface area contributed by atoms with Crippen LogP contribution >= 0.6 is 11.6 Å². The van der Waals surface area contributed by atoms with Crippen molar-refractivity contribution in [2.75, 3.05) is 25.6 Å². The number of halogens is 1. The average molecular weight is 258 g/mol. The SMILES string of the molecule is CCCOc1c(Cl)cccc1NC(=O)COC. The maximum atomic E-state index is 11.4. The fraction of sp³-hybridized carbons (Fsp3) is 0.417. The van der Waals surface area contributed by atoms with Gasteiger partial charge in [0.25, 0.3) is 0 Å². The van der Waals surface area contributed by atoms with Gasteiger partial charge in [0.2, 0.25) is 5.91 Å². The molecule has 0 aromatic heterocycles. The number of hydrogen-bond acceptors (Lipinski definition) is 3. The third-order valence-corrected chi connectivity index (χ3v) is 2.26. The van der Waals surface area contributed by atoms with Crippen molar-refractivity contribution in [1.82, 2.24) is 0 Å². The van der Waals surface area contributed by atoms with E-state index in [0.29, 0.717) is 23.1 Å². The monoisotopic (exact) mass is 257 g/mol. The topological polar surface area (TPSA) is 47.6 Å². The lowest BCUT2D eigenvalue weighted by atomic mass is 10.3. The number of amides is 1. The third kappa shape index (κ3) is 4.24. The molecule has 0 aliphatic carbocycles. The van der Waals surface area contributed by atoms with Gasteiger partial charge in [-0.25, -0.2) is 0 Å². The van der Waals surface area contributed by atoms with Crippen LogP contribution in [0.15, 0.2) is 18.2 Å². The van der Waals surface area contributed by atoms with E-state index in [-0.39, 0.29) is 12.5 Å². The van der Waals surface area contributed by atoms with Crippen LogP contribution < -0.4 is 10.1 Å². The number of anilines is 1. The van der Waals surface area contributed by atoms with E-state index < -0.39 is 0 Å². The van der Waals surface area contributed by atoms with E-state index >= 15 is 0 Å². The van der Waals surface area contributed by atoms with Gasteiger partial charge in [0.05, 0.1) is 17.3 Å². The Morgan fingerprint density at radius 3 is 2.88 bits per heavy atom. The Labute approximate surface area is 106 Å². The standard InChI is InChI=1S/C12H16ClNO3/c1-3-7-17-12-9(13)5-4-6-10(12)14-11(15)8-16-2/h4-6H,3,7-8H2,1-2H3,(H,14,15). The van der Waals surface area contributed by atoms with Crippen LogP contribution in [0, 0.1) is 0 Å². The number of rotatable bonds is 6. The fourth-order valence-electron chi connectivity index (χ4n) is 1.28. The number of benzene rings is 1. The summed E-state index contributed by atoms with van der Waals surface area (Å²) >= 11 is 6.02. The number of methoxy groups -OCH3 is 1. The normalized spacial score (nSPS) is 10.1. The molecule has 0 saturated carbocycles. The average Bonchev–Trinajstić information content (AvgIpc) is 2.28. The smallest absolute Gasteiger partial charge is 0.250 e. The number of hydrogen-bond donors (Lipinski definition) is 1. The lowest BCUT2D eigenvalue weighted by Crippen LogP contribution is -2.17. The molecule has 0 unspecified atom stereocenters. The summed E-state index contributed by atoms with van der Waals surface area (Å²) in [6.45, 7) is 2.55. The van der Waals surface area contributed by atoms with E-state index in [9.17, 15) is 4.79 Å². The van der Waals surface area contributed by atoms with Gasteiger partial charge in [-0.2, -0.15) is 0 Å². The van der Waals surface area contributed by atoms with Crippen LogP contribution in [0.1, 0.15) is 13.3 Å². The minimum atomic E-state index is -0.240. The largest absolute Gasteiger partial charge is 0.490 e. The lowest BCUT2D eigenvalue weighted by Gasteiger charge is -2.13. The van der Waals surface area contributed by atoms with Crippen LogP contribution in [0.2, 0.25) is 5.02 Å². The number of carbonyl (C=O) groups is 1. The van der Waals surface area contributed by atoms with Crippen molar-refractivity contribution in [3.05, 3.63) is 23.2 Å². The van der Waals surface area contributed by atoms with Crippen molar-refractivity contribution in [1.29, 1.82) is 0 Å². The second-order valence-electron chi connectivity index (χ2n) is 3.45. The molecule has 1 amide bonds. The van der Waals surface area contributed by atoms with Crippen molar-refractivity contribution in [2.45, 2.75) is 13.3 Å². The molecule has 1 rings (SSSR count). The molecule has 0 bridgehead atoms. The highest BCUT2D eigenvalue weighted by Gasteiger charge is 2.10. The van der Waals surface area contributed by atoms with Crippen LogP contribution in [0.25, 0.3) is 0 Å². The first kappa shape index (κ1) is 13.8. The summed E-state index contributed by atoms with van der Waals surface area (Å²) in [7, 11) is 1.46. The van der Waals surface area contributed by atoms with Crippen molar-refractivity contribution in [3.63, 3.8) is 0 Å². The molecule has 1 aromatic rings. The molecule has 17 heavy (non-hydrogen) atoms. The molecule has 4 nitrogen and oxygen atoms in total. The van der Waals surface area contributed by atoms with Gasteiger partial charge < -0.3 is 14.8 Å². The predicted molar refractivity (Wildman–Crippen MR) is 67.7 cm³/mol. The van der Waals surface area contributed by atoms with Crippen LogP contribution in [-0.2, 0) is 9.53 Å². The molecule has 0 aliphatic heterocycles. The minimum absolute atomic E-state index is 0.000267. The van der Waals surface area contributed by atoms with Crippen LogP contribution in [-0.4, -0.2) is 26.2 Å². The van der Waals surface area contributed by atoms with Gasteiger partial charge in [-0.3, -0.25) is 4.79 Å². The highest BCUT2D eigenvalue weighted by atomic mass is 35.5. The summed E-state index contributed by atoms with van der Waals surface area (Å²) < 4.78 is 10.2. The molecule has 0 heterocycles. The van der Waals surface area contributed by atoms with Gasteiger partial charge in [-0.1, -0.05) is 24.6 Å². The molecule has 5 heteroatoms. The van der Waals surface area contributed by atoms with Gasteiger partial charge in [0.1, 0.15) is 6.61 Å². The van der Waals surface area contributed by atoms with E-state index in [4.69, 9.17) is 21.1 Å². The van der Waals surface area contributed by atoms with E-state index in [1.807, 2.05) is 6.92 Å². The highest BCUT2D eigenvalue weighted by molar-refractivity contribution is 6.32. The summed E-state index contributed by atoms with van der Waals surface area (Å²) in [5.74, 6) is 0.261. The summed E-state index contributed by atoms with van der Waals surface area (Å²) in [5, 5.41) is 3.17. The Bertz CT molecular complexity index is 382. The highest BCUT2D eigenvalue weighted by Crippen LogP contribution is 2.32. The molecule has 0 saturated heterocycles. The summed E-state index contributed by atoms with van der Waals surface area (Å²) in [6, 6.07) is 5.21. The van der Waals surface area contributed by atoms with Crippen LogP contribution in [0.4, 0.5) is 5.69 Å². The van der Waals surface area contributed by atoms with Gasteiger partial charge in [0.15, 0.2) is 5.75 Å². The Morgan fingerprint density at radius 1 is 1.47 bits per heavy atom. The molecule has 1 N–H and O–H groups in total. The zero-order chi connectivity index (χ0) is 12.7. The molecular formula is C12H16ClNO3. The van der Waals surface area contributed by atoms with Crippen molar-refractivity contribution in [2.24, 2.45) is 0 Å². The second kappa shape index (κ2) is 7.14. The predicted octanol–water partition coefficient (Wildman–Crippen LogP) is 2.71. The Balaban J connectivity index is 2.82. The van der Waals surface area contributed by atoms with E-state index in [1.165, 1.54) is 7.11 Å². The first-order valence-electron chi connectivity index (χ1n) is 5.39. The number of para-hydroxylation sites is 1. The second-order valence-corrected chi connectivity index (χ2v) is 3.85. The molecule has 0 atom stereocenters. The molecular weight excluding hydrogens is 242 g/mol. The summed E-state index contributed by atoms with van der Waals surface area (Å²) in [4.78, 5) is 11.4. The zero-order valence-electron chi connectivity index (χ0n) is 9.96.